The van der Waals surface area contributed by atoms with E-state index in [9.17, 15) is 19.2 Å². The first-order valence-corrected chi connectivity index (χ1v) is 9.59. The zero-order chi connectivity index (χ0) is 21.0. The highest BCUT2D eigenvalue weighted by Crippen LogP contribution is 2.38. The van der Waals surface area contributed by atoms with Gasteiger partial charge < -0.3 is 20.1 Å². The molecule has 0 unspecified atom stereocenters. The normalized spacial score (nSPS) is 23.7. The van der Waals surface area contributed by atoms with Crippen LogP contribution in [-0.2, 0) is 19.1 Å². The number of amides is 4. The highest BCUT2D eigenvalue weighted by atomic mass is 16.5. The lowest BCUT2D eigenvalue weighted by Crippen LogP contribution is -2.54. The summed E-state index contributed by atoms with van der Waals surface area (Å²) in [7, 11) is 1.51. The Hall–Kier alpha value is -3.10. The Bertz CT molecular complexity index is 826. The topological polar surface area (TPSA) is 114 Å². The third-order valence-electron chi connectivity index (χ3n) is 5.51. The molecule has 1 spiro atoms. The molecule has 2 aliphatic rings. The zero-order valence-electron chi connectivity index (χ0n) is 16.5. The van der Waals surface area contributed by atoms with Crippen molar-refractivity contribution < 1.29 is 28.7 Å². The van der Waals surface area contributed by atoms with E-state index in [0.717, 1.165) is 24.2 Å². The Balaban J connectivity index is 1.52. The van der Waals surface area contributed by atoms with Crippen molar-refractivity contribution in [2.75, 3.05) is 25.6 Å². The molecule has 1 aromatic carbocycles. The fourth-order valence-electron chi connectivity index (χ4n) is 3.86. The Kier molecular flexibility index (Phi) is 6.05. The van der Waals surface area contributed by atoms with Crippen molar-refractivity contribution in [3.05, 3.63) is 24.3 Å². The molecule has 1 aliphatic carbocycles. The molecule has 0 bridgehead atoms. The van der Waals surface area contributed by atoms with Gasteiger partial charge in [0.05, 0.1) is 7.11 Å². The number of methoxy groups -OCH3 is 1. The molecule has 9 heteroatoms. The first-order chi connectivity index (χ1) is 13.9. The van der Waals surface area contributed by atoms with Gasteiger partial charge in [-0.1, -0.05) is 25.8 Å². The smallest absolute Gasteiger partial charge is 0.326 e. The van der Waals surface area contributed by atoms with E-state index in [1.54, 1.807) is 24.3 Å². The fourth-order valence-corrected chi connectivity index (χ4v) is 3.86. The van der Waals surface area contributed by atoms with Gasteiger partial charge >= 0.3 is 12.0 Å². The van der Waals surface area contributed by atoms with Crippen LogP contribution >= 0.6 is 0 Å². The van der Waals surface area contributed by atoms with Gasteiger partial charge in [0.1, 0.15) is 17.8 Å². The number of nitrogens with one attached hydrogen (secondary N) is 2. The molecule has 29 heavy (non-hydrogen) atoms. The third kappa shape index (κ3) is 4.33. The summed E-state index contributed by atoms with van der Waals surface area (Å²) in [6.07, 6.45) is 3.26. The molecule has 9 nitrogen and oxygen atoms in total. The second-order valence-corrected chi connectivity index (χ2v) is 7.38. The maximum Gasteiger partial charge on any atom is 0.326 e. The second-order valence-electron chi connectivity index (χ2n) is 7.38. The highest BCUT2D eigenvalue weighted by molar-refractivity contribution is 6.09. The Morgan fingerprint density at radius 2 is 2.10 bits per heavy atom. The van der Waals surface area contributed by atoms with Gasteiger partial charge in [0.15, 0.2) is 6.61 Å². The summed E-state index contributed by atoms with van der Waals surface area (Å²) in [4.78, 5) is 50.1. The van der Waals surface area contributed by atoms with E-state index >= 15 is 0 Å². The number of hydrogen-bond donors (Lipinski definition) is 2. The Labute approximate surface area is 168 Å². The number of hydrogen-bond acceptors (Lipinski definition) is 6. The molecule has 3 rings (SSSR count). The van der Waals surface area contributed by atoms with Crippen LogP contribution in [0.25, 0.3) is 0 Å². The van der Waals surface area contributed by atoms with E-state index in [4.69, 9.17) is 9.47 Å². The zero-order valence-corrected chi connectivity index (χ0v) is 16.5. The average Bonchev–Trinajstić information content (AvgIpc) is 2.94. The van der Waals surface area contributed by atoms with E-state index in [1.165, 1.54) is 7.11 Å². The van der Waals surface area contributed by atoms with Crippen LogP contribution in [-0.4, -0.2) is 54.5 Å². The average molecular weight is 403 g/mol. The number of nitrogens with zero attached hydrogens (tertiary/aromatic N) is 1. The van der Waals surface area contributed by atoms with Crippen molar-refractivity contribution in [2.24, 2.45) is 5.92 Å². The lowest BCUT2D eigenvalue weighted by atomic mass is 9.73. The number of urea groups is 1. The Morgan fingerprint density at radius 3 is 2.83 bits per heavy atom. The van der Waals surface area contributed by atoms with Crippen molar-refractivity contribution in [1.82, 2.24) is 10.2 Å². The molecule has 2 N–H and O–H groups in total. The van der Waals surface area contributed by atoms with E-state index in [1.807, 2.05) is 6.92 Å². The molecular formula is C20H25N3O6. The maximum absolute atomic E-state index is 12.8. The molecule has 2 atom stereocenters. The summed E-state index contributed by atoms with van der Waals surface area (Å²) in [6.45, 7) is 0.884. The number of imide groups is 1. The van der Waals surface area contributed by atoms with Gasteiger partial charge in [-0.15, -0.1) is 0 Å². The molecular weight excluding hydrogens is 378 g/mol. The predicted octanol–water partition coefficient (Wildman–Crippen LogP) is 1.68. The number of ether oxygens (including phenoxy) is 2. The largest absolute Gasteiger partial charge is 0.497 e. The minimum atomic E-state index is -0.931. The second kappa shape index (κ2) is 8.50. The third-order valence-corrected chi connectivity index (χ3v) is 5.51. The molecule has 1 saturated heterocycles. The number of carbonyl (C=O) groups excluding carboxylic acids is 4. The number of carbonyl (C=O) groups is 4. The monoisotopic (exact) mass is 403 g/mol. The fraction of sp³-hybridized carbons (Fsp3) is 0.500. The van der Waals surface area contributed by atoms with E-state index in [2.05, 4.69) is 10.6 Å². The van der Waals surface area contributed by atoms with Crippen LogP contribution < -0.4 is 15.4 Å². The van der Waals surface area contributed by atoms with Gasteiger partial charge in [-0.3, -0.25) is 19.3 Å². The van der Waals surface area contributed by atoms with Crippen LogP contribution in [0.1, 0.15) is 32.6 Å². The lowest BCUT2D eigenvalue weighted by molar-refractivity contribution is -0.150. The number of benzene rings is 1. The van der Waals surface area contributed by atoms with Crippen LogP contribution in [0.15, 0.2) is 24.3 Å². The van der Waals surface area contributed by atoms with Crippen molar-refractivity contribution >= 4 is 29.5 Å². The van der Waals surface area contributed by atoms with Crippen LogP contribution in [0.3, 0.4) is 0 Å². The molecule has 1 heterocycles. The summed E-state index contributed by atoms with van der Waals surface area (Å²) in [5, 5.41) is 5.35. The van der Waals surface area contributed by atoms with Crippen molar-refractivity contribution in [2.45, 2.75) is 38.1 Å². The first-order valence-electron chi connectivity index (χ1n) is 9.59. The number of anilines is 1. The summed E-state index contributed by atoms with van der Waals surface area (Å²) >= 11 is 0. The van der Waals surface area contributed by atoms with Gasteiger partial charge in [0.25, 0.3) is 11.8 Å². The van der Waals surface area contributed by atoms with Crippen molar-refractivity contribution in [3.63, 3.8) is 0 Å². The van der Waals surface area contributed by atoms with Crippen LogP contribution in [0, 0.1) is 5.92 Å². The summed E-state index contributed by atoms with van der Waals surface area (Å²) in [6, 6.07) is 6.13. The van der Waals surface area contributed by atoms with Crippen molar-refractivity contribution in [3.8, 4) is 5.75 Å². The molecule has 1 aliphatic heterocycles. The van der Waals surface area contributed by atoms with E-state index in [0.29, 0.717) is 17.9 Å². The first kappa shape index (κ1) is 20.6. The highest BCUT2D eigenvalue weighted by Gasteiger charge is 2.55. The summed E-state index contributed by atoms with van der Waals surface area (Å²) in [5.74, 6) is -1.19. The van der Waals surface area contributed by atoms with Crippen LogP contribution in [0.4, 0.5) is 10.5 Å². The molecule has 1 aromatic rings. The molecule has 0 aromatic heterocycles. The van der Waals surface area contributed by atoms with Gasteiger partial charge in [0, 0.05) is 11.8 Å². The minimum absolute atomic E-state index is 0.00219. The molecule has 0 radical (unpaired) electrons. The van der Waals surface area contributed by atoms with E-state index in [-0.39, 0.29) is 5.92 Å². The molecule has 2 fully saturated rings. The standard InChI is InChI=1S/C20H25N3O6/c1-13-6-3-4-9-20(13)18(26)23(19(27)22-20)11-17(25)29-12-16(24)21-14-7-5-8-15(10-14)28-2/h5,7-8,10,13H,3-4,6,9,11-12H2,1-2H3,(H,21,24)(H,22,27)/t13-,20-/m1/s1. The predicted molar refractivity (Wildman–Crippen MR) is 103 cm³/mol. The Morgan fingerprint density at radius 1 is 1.31 bits per heavy atom. The molecule has 4 amide bonds. The molecule has 156 valence electrons. The maximum atomic E-state index is 12.8. The van der Waals surface area contributed by atoms with Crippen LogP contribution in [0.2, 0.25) is 0 Å². The summed E-state index contributed by atoms with van der Waals surface area (Å²) in [5.41, 5.74) is -0.438. The summed E-state index contributed by atoms with van der Waals surface area (Å²) < 4.78 is 10.0. The van der Waals surface area contributed by atoms with Gasteiger partial charge in [0.2, 0.25) is 0 Å². The van der Waals surface area contributed by atoms with Crippen molar-refractivity contribution in [1.29, 1.82) is 0 Å². The van der Waals surface area contributed by atoms with E-state index < -0.39 is 42.5 Å². The minimum Gasteiger partial charge on any atom is -0.497 e. The lowest BCUT2D eigenvalue weighted by Gasteiger charge is -2.36. The van der Waals surface area contributed by atoms with Gasteiger partial charge in [-0.25, -0.2) is 4.79 Å². The van der Waals surface area contributed by atoms with Crippen LogP contribution in [0.5, 0.6) is 5.75 Å². The number of rotatable bonds is 6. The van der Waals surface area contributed by atoms with Gasteiger partial charge in [-0.05, 0) is 30.9 Å². The number of esters is 1. The molecule has 1 saturated carbocycles. The van der Waals surface area contributed by atoms with Gasteiger partial charge in [-0.2, -0.15) is 0 Å². The SMILES string of the molecule is COc1cccc(NC(=O)COC(=O)CN2C(=O)N[C@@]3(CCCC[C@H]3C)C2=O)c1. The quantitative estimate of drug-likeness (QED) is 0.552.